The maximum Gasteiger partial charge on any atom is 0.339 e. The van der Waals surface area contributed by atoms with Gasteiger partial charge in [-0.25, -0.2) is 4.79 Å². The second kappa shape index (κ2) is 7.38. The van der Waals surface area contributed by atoms with Gasteiger partial charge in [-0.3, -0.25) is 9.69 Å². The van der Waals surface area contributed by atoms with Crippen molar-refractivity contribution in [2.75, 3.05) is 32.1 Å². The molecule has 0 aliphatic carbocycles. The number of benzene rings is 1. The number of amides is 1. The lowest BCUT2D eigenvalue weighted by molar-refractivity contribution is -0.121. The van der Waals surface area contributed by atoms with Crippen LogP contribution in [-0.4, -0.2) is 55.7 Å². The molecule has 1 fully saturated rings. The molecule has 0 radical (unpaired) electrons. The summed E-state index contributed by atoms with van der Waals surface area (Å²) in [7, 11) is 1.32. The van der Waals surface area contributed by atoms with Gasteiger partial charge in [-0.2, -0.15) is 0 Å². The van der Waals surface area contributed by atoms with E-state index >= 15 is 0 Å². The first-order valence-corrected chi connectivity index (χ1v) is 7.34. The van der Waals surface area contributed by atoms with Crippen LogP contribution in [0.1, 0.15) is 24.2 Å². The molecule has 2 rings (SSSR count). The summed E-state index contributed by atoms with van der Waals surface area (Å²) in [5.41, 5.74) is 0.816. The molecule has 0 saturated carbocycles. The summed E-state index contributed by atoms with van der Waals surface area (Å²) in [6.45, 7) is 5.70. The summed E-state index contributed by atoms with van der Waals surface area (Å²) in [4.78, 5) is 26.0. The molecule has 1 N–H and O–H groups in total. The quantitative estimate of drug-likeness (QED) is 0.854. The second-order valence-electron chi connectivity index (χ2n) is 5.54. The Morgan fingerprint density at radius 1 is 1.27 bits per heavy atom. The van der Waals surface area contributed by atoms with E-state index in [1.807, 2.05) is 13.8 Å². The number of para-hydroxylation sites is 1. The number of hydrogen-bond acceptors (Lipinski definition) is 5. The van der Waals surface area contributed by atoms with Crippen LogP contribution in [0.5, 0.6) is 0 Å². The third-order valence-electron chi connectivity index (χ3n) is 3.47. The molecule has 0 unspecified atom stereocenters. The molecule has 1 aromatic carbocycles. The third-order valence-corrected chi connectivity index (χ3v) is 3.47. The largest absolute Gasteiger partial charge is 0.465 e. The van der Waals surface area contributed by atoms with Crippen LogP contribution in [0.3, 0.4) is 0 Å². The lowest BCUT2D eigenvalue weighted by Gasteiger charge is -2.34. The van der Waals surface area contributed by atoms with Gasteiger partial charge in [-0.1, -0.05) is 12.1 Å². The predicted molar refractivity (Wildman–Crippen MR) is 82.9 cm³/mol. The Balaban J connectivity index is 1.99. The summed E-state index contributed by atoms with van der Waals surface area (Å²) in [5, 5.41) is 2.78. The maximum atomic E-state index is 12.2. The van der Waals surface area contributed by atoms with E-state index < -0.39 is 5.97 Å². The number of methoxy groups -OCH3 is 1. The number of morpholine rings is 1. The number of hydrogen-bond donors (Lipinski definition) is 1. The molecule has 0 aromatic heterocycles. The van der Waals surface area contributed by atoms with Crippen LogP contribution in [0.2, 0.25) is 0 Å². The molecule has 1 aliphatic rings. The van der Waals surface area contributed by atoms with Crippen molar-refractivity contribution < 1.29 is 19.1 Å². The summed E-state index contributed by atoms with van der Waals surface area (Å²) in [5.74, 6) is -0.623. The normalized spacial score (nSPS) is 22.1. The highest BCUT2D eigenvalue weighted by Crippen LogP contribution is 2.16. The van der Waals surface area contributed by atoms with Crippen LogP contribution < -0.4 is 5.32 Å². The number of nitrogens with one attached hydrogen (secondary N) is 1. The molecule has 1 aliphatic heterocycles. The zero-order valence-electron chi connectivity index (χ0n) is 13.2. The molecule has 1 amide bonds. The lowest BCUT2D eigenvalue weighted by atomic mass is 10.1. The van der Waals surface area contributed by atoms with Crippen molar-refractivity contribution in [3.05, 3.63) is 29.8 Å². The van der Waals surface area contributed by atoms with Crippen molar-refractivity contribution >= 4 is 17.6 Å². The Labute approximate surface area is 130 Å². The average molecular weight is 306 g/mol. The standard InChI is InChI=1S/C16H22N2O4/c1-11-8-18(9-12(2)22-11)10-15(19)17-14-7-5-4-6-13(14)16(20)21-3/h4-7,11-12H,8-10H2,1-3H3,(H,17,19)/t11-,12-/m0/s1. The van der Waals surface area contributed by atoms with Crippen molar-refractivity contribution in [3.8, 4) is 0 Å². The monoisotopic (exact) mass is 306 g/mol. The maximum absolute atomic E-state index is 12.2. The number of nitrogens with zero attached hydrogens (tertiary/aromatic N) is 1. The Morgan fingerprint density at radius 3 is 2.55 bits per heavy atom. The van der Waals surface area contributed by atoms with E-state index in [2.05, 4.69) is 10.2 Å². The molecule has 22 heavy (non-hydrogen) atoms. The summed E-state index contributed by atoms with van der Waals surface area (Å²) in [6, 6.07) is 6.81. The summed E-state index contributed by atoms with van der Waals surface area (Å²) >= 11 is 0. The van der Waals surface area contributed by atoms with Gasteiger partial charge in [0.1, 0.15) is 0 Å². The van der Waals surface area contributed by atoms with E-state index in [1.165, 1.54) is 7.11 Å². The van der Waals surface area contributed by atoms with Crippen LogP contribution >= 0.6 is 0 Å². The molecular formula is C16H22N2O4. The van der Waals surface area contributed by atoms with Crippen LogP contribution in [0.4, 0.5) is 5.69 Å². The van der Waals surface area contributed by atoms with Crippen LogP contribution in [0, 0.1) is 0 Å². The molecule has 0 bridgehead atoms. The highest BCUT2D eigenvalue weighted by atomic mass is 16.5. The van der Waals surface area contributed by atoms with E-state index in [4.69, 9.17) is 9.47 Å². The molecule has 0 spiro atoms. The average Bonchev–Trinajstić information content (AvgIpc) is 2.45. The van der Waals surface area contributed by atoms with Gasteiger partial charge in [-0.05, 0) is 26.0 Å². The zero-order chi connectivity index (χ0) is 16.1. The molecule has 1 saturated heterocycles. The Kier molecular flexibility index (Phi) is 5.51. The van der Waals surface area contributed by atoms with Crippen molar-refractivity contribution in [1.29, 1.82) is 0 Å². The first-order chi connectivity index (χ1) is 10.5. The van der Waals surface area contributed by atoms with E-state index in [0.717, 1.165) is 13.1 Å². The number of ether oxygens (including phenoxy) is 2. The smallest absolute Gasteiger partial charge is 0.339 e. The summed E-state index contributed by atoms with van der Waals surface area (Å²) < 4.78 is 10.4. The Hall–Kier alpha value is -1.92. The van der Waals surface area contributed by atoms with Crippen LogP contribution in [0.15, 0.2) is 24.3 Å². The number of carbonyl (C=O) groups excluding carboxylic acids is 2. The number of esters is 1. The van der Waals surface area contributed by atoms with E-state index in [0.29, 0.717) is 11.3 Å². The topological polar surface area (TPSA) is 67.9 Å². The summed E-state index contributed by atoms with van der Waals surface area (Å²) in [6.07, 6.45) is 0.220. The molecule has 2 atom stereocenters. The van der Waals surface area contributed by atoms with Crippen molar-refractivity contribution in [2.24, 2.45) is 0 Å². The minimum atomic E-state index is -0.468. The fraction of sp³-hybridized carbons (Fsp3) is 0.500. The number of rotatable bonds is 4. The highest BCUT2D eigenvalue weighted by Gasteiger charge is 2.24. The van der Waals surface area contributed by atoms with Gasteiger partial charge in [0.2, 0.25) is 5.91 Å². The van der Waals surface area contributed by atoms with Gasteiger partial charge in [-0.15, -0.1) is 0 Å². The second-order valence-corrected chi connectivity index (χ2v) is 5.54. The molecule has 6 heteroatoms. The SMILES string of the molecule is COC(=O)c1ccccc1NC(=O)CN1C[C@H](C)O[C@@H](C)C1. The van der Waals surface area contributed by atoms with Gasteiger partial charge in [0.05, 0.1) is 37.1 Å². The van der Waals surface area contributed by atoms with Gasteiger partial charge in [0.25, 0.3) is 0 Å². The van der Waals surface area contributed by atoms with E-state index in [-0.39, 0.29) is 24.7 Å². The number of anilines is 1. The highest BCUT2D eigenvalue weighted by molar-refractivity contribution is 6.01. The predicted octanol–water partition coefficient (Wildman–Crippen LogP) is 1.52. The van der Waals surface area contributed by atoms with Gasteiger partial charge in [0.15, 0.2) is 0 Å². The minimum absolute atomic E-state index is 0.110. The molecule has 120 valence electrons. The fourth-order valence-electron chi connectivity index (χ4n) is 2.69. The first-order valence-electron chi connectivity index (χ1n) is 7.34. The van der Waals surface area contributed by atoms with Gasteiger partial charge >= 0.3 is 5.97 Å². The molecule has 6 nitrogen and oxygen atoms in total. The van der Waals surface area contributed by atoms with Crippen LogP contribution in [-0.2, 0) is 14.3 Å². The van der Waals surface area contributed by atoms with Crippen molar-refractivity contribution in [2.45, 2.75) is 26.1 Å². The van der Waals surface area contributed by atoms with E-state index in [9.17, 15) is 9.59 Å². The number of carbonyl (C=O) groups is 2. The first kappa shape index (κ1) is 16.5. The molecular weight excluding hydrogens is 284 g/mol. The van der Waals surface area contributed by atoms with Gasteiger partial charge < -0.3 is 14.8 Å². The molecule has 1 aromatic rings. The van der Waals surface area contributed by atoms with Crippen LogP contribution in [0.25, 0.3) is 0 Å². The molecule has 1 heterocycles. The lowest BCUT2D eigenvalue weighted by Crippen LogP contribution is -2.48. The minimum Gasteiger partial charge on any atom is -0.465 e. The Bertz CT molecular complexity index is 537. The van der Waals surface area contributed by atoms with Crippen molar-refractivity contribution in [3.63, 3.8) is 0 Å². The zero-order valence-corrected chi connectivity index (χ0v) is 13.2. The van der Waals surface area contributed by atoms with Gasteiger partial charge in [0, 0.05) is 13.1 Å². The fourth-order valence-corrected chi connectivity index (χ4v) is 2.69. The third kappa shape index (κ3) is 4.29. The van der Waals surface area contributed by atoms with E-state index in [1.54, 1.807) is 24.3 Å². The Morgan fingerprint density at radius 2 is 1.91 bits per heavy atom. The van der Waals surface area contributed by atoms with Crippen molar-refractivity contribution in [1.82, 2.24) is 4.90 Å².